The van der Waals surface area contributed by atoms with Crippen molar-refractivity contribution in [3.05, 3.63) is 41.6 Å². The number of aliphatic hydroxyl groups is 1. The zero-order valence-corrected chi connectivity index (χ0v) is 14.2. The van der Waals surface area contributed by atoms with E-state index in [1.54, 1.807) is 0 Å². The first-order chi connectivity index (χ1) is 11.8. The number of fused-ring (bicyclic) bond motifs is 2. The van der Waals surface area contributed by atoms with Crippen molar-refractivity contribution in [2.45, 2.75) is 37.6 Å². The van der Waals surface area contributed by atoms with Gasteiger partial charge in [-0.15, -0.1) is 0 Å². The number of aliphatic hydroxyl groups excluding tert-OH is 1. The van der Waals surface area contributed by atoms with E-state index in [1.807, 2.05) is 6.08 Å². The summed E-state index contributed by atoms with van der Waals surface area (Å²) in [6.07, 6.45) is 6.99. The lowest BCUT2D eigenvalue weighted by Gasteiger charge is -2.47. The van der Waals surface area contributed by atoms with Gasteiger partial charge in [0.25, 0.3) is 0 Å². The van der Waals surface area contributed by atoms with Crippen LogP contribution in [0.3, 0.4) is 0 Å². The van der Waals surface area contributed by atoms with Gasteiger partial charge in [0.05, 0.1) is 0 Å². The maximum absolute atomic E-state index is 9.83. The van der Waals surface area contributed by atoms with E-state index in [0.29, 0.717) is 24.5 Å². The third kappa shape index (κ3) is 2.18. The number of nitrogens with one attached hydrogen (secondary N) is 1. The van der Waals surface area contributed by atoms with Crippen LogP contribution in [0.15, 0.2) is 24.8 Å². The lowest BCUT2D eigenvalue weighted by Crippen LogP contribution is -2.51. The lowest BCUT2D eigenvalue weighted by molar-refractivity contribution is 0.0536. The second-order valence-electron chi connectivity index (χ2n) is 8.05. The Hall–Kier alpha value is -1.58. The summed E-state index contributed by atoms with van der Waals surface area (Å²) >= 11 is 0. The number of hydrogen-bond donors (Lipinski definition) is 2. The van der Waals surface area contributed by atoms with Gasteiger partial charge in [-0.1, -0.05) is 18.7 Å². The fourth-order valence-electron chi connectivity index (χ4n) is 5.16. The van der Waals surface area contributed by atoms with Gasteiger partial charge in [-0.3, -0.25) is 4.90 Å². The van der Waals surface area contributed by atoms with Crippen LogP contribution in [0.25, 0.3) is 17.0 Å². The van der Waals surface area contributed by atoms with Crippen LogP contribution < -0.4 is 0 Å². The summed E-state index contributed by atoms with van der Waals surface area (Å²) in [7, 11) is 0. The van der Waals surface area contributed by atoms with E-state index in [0.717, 1.165) is 25.3 Å². The van der Waals surface area contributed by atoms with Crippen LogP contribution in [0.2, 0.25) is 0 Å². The van der Waals surface area contributed by atoms with Crippen LogP contribution >= 0.6 is 0 Å². The number of likely N-dealkylation sites (tertiary alicyclic amines) is 1. The molecule has 1 saturated heterocycles. The zero-order chi connectivity index (χ0) is 16.3. The van der Waals surface area contributed by atoms with Gasteiger partial charge < -0.3 is 10.1 Å². The van der Waals surface area contributed by atoms with Crippen molar-refractivity contribution in [1.82, 2.24) is 9.88 Å². The molecular weight excluding hydrogens is 296 g/mol. The van der Waals surface area contributed by atoms with Crippen LogP contribution in [-0.2, 0) is 6.42 Å². The molecule has 2 N–H and O–H groups in total. The molecule has 24 heavy (non-hydrogen) atoms. The molecule has 3 atom stereocenters. The minimum atomic E-state index is 0.318. The van der Waals surface area contributed by atoms with Crippen LogP contribution in [0.5, 0.6) is 0 Å². The summed E-state index contributed by atoms with van der Waals surface area (Å²) in [5, 5.41) is 11.3. The Morgan fingerprint density at radius 3 is 2.92 bits per heavy atom. The highest BCUT2D eigenvalue weighted by Gasteiger charge is 2.42. The second kappa shape index (κ2) is 5.47. The molecule has 3 heteroatoms. The predicted octanol–water partition coefficient (Wildman–Crippen LogP) is 3.54. The van der Waals surface area contributed by atoms with E-state index in [1.165, 1.54) is 47.1 Å². The molecule has 3 nitrogen and oxygen atoms in total. The monoisotopic (exact) mass is 322 g/mol. The number of aromatic nitrogens is 1. The SMILES string of the molecule is C=Cc1[nH]c2cccc3c2c1C[C@@H]1[C@@H]3CC(CO)CN1CC1CC1. The summed E-state index contributed by atoms with van der Waals surface area (Å²) in [6.45, 7) is 6.62. The second-order valence-corrected chi connectivity index (χ2v) is 8.05. The van der Waals surface area contributed by atoms with E-state index in [2.05, 4.69) is 34.7 Å². The topological polar surface area (TPSA) is 39.3 Å². The van der Waals surface area contributed by atoms with Gasteiger partial charge in [-0.2, -0.15) is 0 Å². The Morgan fingerprint density at radius 1 is 1.29 bits per heavy atom. The molecule has 0 radical (unpaired) electrons. The van der Waals surface area contributed by atoms with Crippen molar-refractivity contribution in [3.63, 3.8) is 0 Å². The van der Waals surface area contributed by atoms with Gasteiger partial charge in [-0.25, -0.2) is 0 Å². The summed E-state index contributed by atoms with van der Waals surface area (Å²) in [5.74, 6) is 1.87. The van der Waals surface area contributed by atoms with Crippen LogP contribution in [-0.4, -0.2) is 40.7 Å². The Morgan fingerprint density at radius 2 is 2.17 bits per heavy atom. The molecule has 2 fully saturated rings. The highest BCUT2D eigenvalue weighted by molar-refractivity contribution is 5.91. The number of aromatic amines is 1. The Balaban J connectivity index is 1.62. The third-order valence-electron chi connectivity index (χ3n) is 6.47. The molecule has 0 bridgehead atoms. The van der Waals surface area contributed by atoms with Gasteiger partial charge >= 0.3 is 0 Å². The number of benzene rings is 1. The molecule has 2 heterocycles. The van der Waals surface area contributed by atoms with Crippen molar-refractivity contribution in [3.8, 4) is 0 Å². The quantitative estimate of drug-likeness (QED) is 0.904. The Kier molecular flexibility index (Phi) is 3.36. The summed E-state index contributed by atoms with van der Waals surface area (Å²) in [4.78, 5) is 6.27. The first kappa shape index (κ1) is 14.7. The molecule has 0 amide bonds. The first-order valence-corrected chi connectivity index (χ1v) is 9.39. The van der Waals surface area contributed by atoms with Crippen molar-refractivity contribution >= 4 is 17.0 Å². The number of hydrogen-bond acceptors (Lipinski definition) is 2. The zero-order valence-electron chi connectivity index (χ0n) is 14.2. The standard InChI is InChI=1S/C21H26N2O/c1-2-18-17-9-20-16(15-4-3-5-19(22-18)21(15)17)8-14(12-24)11-23(20)10-13-6-7-13/h2-5,13-14,16,20,22,24H,1,6-12H2/t14?,16-,20-/m1/s1. The minimum Gasteiger partial charge on any atom is -0.396 e. The van der Waals surface area contributed by atoms with E-state index >= 15 is 0 Å². The maximum atomic E-state index is 9.83. The molecule has 0 spiro atoms. The fraction of sp³-hybridized carbons (Fsp3) is 0.524. The molecule has 126 valence electrons. The molecule has 2 aromatic rings. The van der Waals surface area contributed by atoms with Gasteiger partial charge in [0, 0.05) is 48.3 Å². The number of H-pyrrole nitrogens is 1. The Bertz CT molecular complexity index is 788. The van der Waals surface area contributed by atoms with E-state index in [-0.39, 0.29) is 0 Å². The van der Waals surface area contributed by atoms with Crippen molar-refractivity contribution in [2.24, 2.45) is 11.8 Å². The molecule has 5 rings (SSSR count). The van der Waals surface area contributed by atoms with Crippen LogP contribution in [0.4, 0.5) is 0 Å². The highest BCUT2D eigenvalue weighted by Crippen LogP contribution is 2.46. The number of rotatable bonds is 4. The number of nitrogens with zero attached hydrogens (tertiary/aromatic N) is 1. The fourth-order valence-corrected chi connectivity index (χ4v) is 5.16. The predicted molar refractivity (Wildman–Crippen MR) is 98.1 cm³/mol. The van der Waals surface area contributed by atoms with Crippen LogP contribution in [0.1, 0.15) is 42.0 Å². The van der Waals surface area contributed by atoms with Gasteiger partial charge in [0.2, 0.25) is 0 Å². The van der Waals surface area contributed by atoms with Gasteiger partial charge in [0.1, 0.15) is 0 Å². The third-order valence-corrected chi connectivity index (χ3v) is 6.47. The molecular formula is C21H26N2O. The molecule has 1 unspecified atom stereocenters. The van der Waals surface area contributed by atoms with Crippen LogP contribution in [0, 0.1) is 11.8 Å². The first-order valence-electron chi connectivity index (χ1n) is 9.39. The molecule has 1 saturated carbocycles. The van der Waals surface area contributed by atoms with E-state index in [9.17, 15) is 5.11 Å². The largest absolute Gasteiger partial charge is 0.396 e. The van der Waals surface area contributed by atoms with Gasteiger partial charge in [0.15, 0.2) is 0 Å². The molecule has 2 aliphatic carbocycles. The Labute approximate surface area is 143 Å². The van der Waals surface area contributed by atoms with Gasteiger partial charge in [-0.05, 0) is 60.8 Å². The van der Waals surface area contributed by atoms with Crippen molar-refractivity contribution in [2.75, 3.05) is 19.7 Å². The van der Waals surface area contributed by atoms with E-state index in [4.69, 9.17) is 0 Å². The molecule has 1 aliphatic heterocycles. The van der Waals surface area contributed by atoms with Crippen molar-refractivity contribution in [1.29, 1.82) is 0 Å². The summed E-state index contributed by atoms with van der Waals surface area (Å²) in [5.41, 5.74) is 5.39. The minimum absolute atomic E-state index is 0.318. The average Bonchev–Trinajstić information content (AvgIpc) is 3.36. The van der Waals surface area contributed by atoms with Crippen molar-refractivity contribution < 1.29 is 5.11 Å². The molecule has 1 aromatic heterocycles. The summed E-state index contributed by atoms with van der Waals surface area (Å²) in [6, 6.07) is 7.27. The van der Waals surface area contributed by atoms with E-state index < -0.39 is 0 Å². The smallest absolute Gasteiger partial charge is 0.0471 e. The highest BCUT2D eigenvalue weighted by atomic mass is 16.3. The molecule has 3 aliphatic rings. The summed E-state index contributed by atoms with van der Waals surface area (Å²) < 4.78 is 0. The molecule has 1 aromatic carbocycles. The maximum Gasteiger partial charge on any atom is 0.0471 e. The normalized spacial score (nSPS) is 29.6. The lowest BCUT2D eigenvalue weighted by atomic mass is 9.72. The average molecular weight is 322 g/mol. The number of piperidine rings is 1.